The molecule has 44 heavy (non-hydrogen) atoms. The van der Waals surface area contributed by atoms with Gasteiger partial charge in [-0.1, -0.05) is 129 Å². The van der Waals surface area contributed by atoms with E-state index in [1.165, 1.54) is 70.8 Å². The molecule has 0 radical (unpaired) electrons. The Morgan fingerprint density at radius 1 is 0.477 bits per heavy atom. The molecule has 8 aromatic rings. The van der Waals surface area contributed by atoms with Crippen LogP contribution in [0.2, 0.25) is 0 Å². The zero-order valence-corrected chi connectivity index (χ0v) is 25.5. The molecule has 1 heterocycles. The highest BCUT2D eigenvalue weighted by atomic mass is 32.1. The predicted molar refractivity (Wildman–Crippen MR) is 189 cm³/mol. The number of hydrogen-bond acceptors (Lipinski definition) is 2. The van der Waals surface area contributed by atoms with Crippen molar-refractivity contribution in [2.24, 2.45) is 0 Å². The summed E-state index contributed by atoms with van der Waals surface area (Å²) in [6.07, 6.45) is 0. The van der Waals surface area contributed by atoms with Crippen molar-refractivity contribution >= 4 is 43.1 Å². The summed E-state index contributed by atoms with van der Waals surface area (Å²) in [5.41, 5.74) is 12.7. The Morgan fingerprint density at radius 3 is 1.82 bits per heavy atom. The van der Waals surface area contributed by atoms with Crippen molar-refractivity contribution in [1.82, 2.24) is 4.98 Å². The average molecular weight is 580 g/mol. The number of nitrogens with zero attached hydrogens (tertiary/aromatic N) is 1. The molecule has 0 fully saturated rings. The number of hydrogen-bond donors (Lipinski definition) is 0. The lowest BCUT2D eigenvalue weighted by molar-refractivity contribution is 0.661. The average Bonchev–Trinajstić information content (AvgIpc) is 3.60. The number of benzene rings is 7. The third-order valence-corrected chi connectivity index (χ3v) is 10.6. The summed E-state index contributed by atoms with van der Waals surface area (Å²) in [5, 5.41) is 6.21. The van der Waals surface area contributed by atoms with Crippen LogP contribution in [0.4, 0.5) is 0 Å². The highest BCUT2D eigenvalue weighted by Crippen LogP contribution is 2.53. The third-order valence-electron chi connectivity index (χ3n) is 9.50. The summed E-state index contributed by atoms with van der Waals surface area (Å²) in [4.78, 5) is 4.92. The maximum absolute atomic E-state index is 4.92. The van der Waals surface area contributed by atoms with Crippen LogP contribution in [0.25, 0.3) is 75.7 Å². The van der Waals surface area contributed by atoms with E-state index >= 15 is 0 Å². The second-order valence-electron chi connectivity index (χ2n) is 12.3. The van der Waals surface area contributed by atoms with Crippen molar-refractivity contribution in [3.63, 3.8) is 0 Å². The first-order valence-electron chi connectivity index (χ1n) is 15.2. The monoisotopic (exact) mass is 579 g/mol. The van der Waals surface area contributed by atoms with Gasteiger partial charge >= 0.3 is 0 Å². The first-order valence-corrected chi connectivity index (χ1v) is 16.0. The molecule has 0 N–H and O–H groups in total. The number of aromatic nitrogens is 1. The predicted octanol–water partition coefficient (Wildman–Crippen LogP) is 11.9. The van der Waals surface area contributed by atoms with E-state index in [1.807, 2.05) is 0 Å². The third kappa shape index (κ3) is 3.68. The van der Waals surface area contributed by atoms with Crippen LogP contribution in [-0.4, -0.2) is 4.98 Å². The van der Waals surface area contributed by atoms with E-state index in [9.17, 15) is 0 Å². The summed E-state index contributed by atoms with van der Waals surface area (Å²) in [6.45, 7) is 4.74. The van der Waals surface area contributed by atoms with Gasteiger partial charge in [0.2, 0.25) is 0 Å². The molecular formula is C42H29NS. The molecule has 0 atom stereocenters. The van der Waals surface area contributed by atoms with Gasteiger partial charge in [0.1, 0.15) is 5.01 Å². The quantitative estimate of drug-likeness (QED) is 0.190. The summed E-state index contributed by atoms with van der Waals surface area (Å²) >= 11 is 1.75. The lowest BCUT2D eigenvalue weighted by Crippen LogP contribution is -2.14. The molecule has 1 aliphatic carbocycles. The molecule has 0 unspecified atom stereocenters. The molecular weight excluding hydrogens is 551 g/mol. The van der Waals surface area contributed by atoms with Crippen LogP contribution in [-0.2, 0) is 5.41 Å². The minimum absolute atomic E-state index is 0.0707. The van der Waals surface area contributed by atoms with Crippen LogP contribution < -0.4 is 0 Å². The molecule has 1 aromatic heterocycles. The van der Waals surface area contributed by atoms with Gasteiger partial charge in [-0.3, -0.25) is 0 Å². The van der Waals surface area contributed by atoms with Crippen molar-refractivity contribution in [1.29, 1.82) is 0 Å². The lowest BCUT2D eigenvalue weighted by Gasteiger charge is -2.23. The Hall–Kier alpha value is -5.05. The molecule has 0 bridgehead atoms. The second kappa shape index (κ2) is 9.47. The zero-order chi connectivity index (χ0) is 29.4. The fourth-order valence-electron chi connectivity index (χ4n) is 7.37. The zero-order valence-electron chi connectivity index (χ0n) is 24.6. The normalized spacial score (nSPS) is 13.4. The van der Waals surface area contributed by atoms with Crippen molar-refractivity contribution < 1.29 is 0 Å². The van der Waals surface area contributed by atoms with Gasteiger partial charge in [0.25, 0.3) is 0 Å². The minimum atomic E-state index is -0.0707. The summed E-state index contributed by atoms with van der Waals surface area (Å²) < 4.78 is 1.22. The number of rotatable bonds is 3. The summed E-state index contributed by atoms with van der Waals surface area (Å²) in [7, 11) is 0. The van der Waals surface area contributed by atoms with Gasteiger partial charge in [-0.25, -0.2) is 4.98 Å². The molecule has 2 heteroatoms. The molecule has 9 rings (SSSR count). The van der Waals surface area contributed by atoms with Crippen molar-refractivity contribution in [2.75, 3.05) is 0 Å². The smallest absolute Gasteiger partial charge is 0.124 e. The first kappa shape index (κ1) is 25.4. The van der Waals surface area contributed by atoms with Gasteiger partial charge in [-0.05, 0) is 90.3 Å². The summed E-state index contributed by atoms with van der Waals surface area (Å²) in [5.74, 6) is 0. The van der Waals surface area contributed by atoms with Gasteiger partial charge in [0, 0.05) is 11.0 Å². The minimum Gasteiger partial charge on any atom is -0.236 e. The van der Waals surface area contributed by atoms with Gasteiger partial charge in [0.05, 0.1) is 10.2 Å². The Kier molecular flexibility index (Phi) is 5.48. The maximum Gasteiger partial charge on any atom is 0.124 e. The molecule has 1 nitrogen and oxygen atoms in total. The Balaban J connectivity index is 1.35. The van der Waals surface area contributed by atoms with E-state index in [4.69, 9.17) is 4.98 Å². The maximum atomic E-state index is 4.92. The molecule has 0 amide bonds. The fraction of sp³-hybridized carbons (Fsp3) is 0.0714. The molecule has 0 aliphatic heterocycles. The van der Waals surface area contributed by atoms with Crippen LogP contribution in [0.5, 0.6) is 0 Å². The Bertz CT molecular complexity index is 2360. The summed E-state index contributed by atoms with van der Waals surface area (Å²) in [6, 6.07) is 51.2. The fourth-order valence-corrected chi connectivity index (χ4v) is 8.34. The molecule has 1 aliphatic rings. The van der Waals surface area contributed by atoms with Crippen LogP contribution in [0, 0.1) is 0 Å². The van der Waals surface area contributed by atoms with Crippen LogP contribution in [0.15, 0.2) is 140 Å². The number of fused-ring (bicyclic) bond motifs is 6. The highest BCUT2D eigenvalue weighted by Gasteiger charge is 2.36. The van der Waals surface area contributed by atoms with Gasteiger partial charge in [-0.15, -0.1) is 11.3 Å². The van der Waals surface area contributed by atoms with Crippen molar-refractivity contribution in [3.05, 3.63) is 151 Å². The van der Waals surface area contributed by atoms with Crippen LogP contribution >= 0.6 is 11.3 Å². The Morgan fingerprint density at radius 2 is 1.07 bits per heavy atom. The molecule has 0 spiro atoms. The SMILES string of the molecule is CC1(C)c2ccccc2-c2cc3c(-c4ccc(-c5nc6ccccc6s5)cc4)c4ccccc4c(-c4ccccc4)c3cc21. The molecule has 0 saturated carbocycles. The van der Waals surface area contributed by atoms with E-state index in [0.717, 1.165) is 16.1 Å². The van der Waals surface area contributed by atoms with E-state index in [-0.39, 0.29) is 5.41 Å². The van der Waals surface area contributed by atoms with Crippen molar-refractivity contribution in [2.45, 2.75) is 19.3 Å². The van der Waals surface area contributed by atoms with Crippen molar-refractivity contribution in [3.8, 4) is 44.0 Å². The van der Waals surface area contributed by atoms with Gasteiger partial charge < -0.3 is 0 Å². The largest absolute Gasteiger partial charge is 0.236 e. The van der Waals surface area contributed by atoms with E-state index in [0.29, 0.717) is 0 Å². The number of para-hydroxylation sites is 1. The van der Waals surface area contributed by atoms with E-state index in [1.54, 1.807) is 11.3 Å². The molecule has 7 aromatic carbocycles. The van der Waals surface area contributed by atoms with E-state index < -0.39 is 0 Å². The van der Waals surface area contributed by atoms with Crippen LogP contribution in [0.3, 0.4) is 0 Å². The second-order valence-corrected chi connectivity index (χ2v) is 13.4. The van der Waals surface area contributed by atoms with Gasteiger partial charge in [-0.2, -0.15) is 0 Å². The first-order chi connectivity index (χ1) is 21.6. The topological polar surface area (TPSA) is 12.9 Å². The van der Waals surface area contributed by atoms with Crippen LogP contribution in [0.1, 0.15) is 25.0 Å². The highest BCUT2D eigenvalue weighted by molar-refractivity contribution is 7.21. The van der Waals surface area contributed by atoms with E-state index in [2.05, 4.69) is 153 Å². The number of thiazole rings is 1. The van der Waals surface area contributed by atoms with Gasteiger partial charge in [0.15, 0.2) is 0 Å². The molecule has 0 saturated heterocycles. The Labute approximate surface area is 261 Å². The lowest BCUT2D eigenvalue weighted by atomic mass is 9.79. The molecule has 208 valence electrons. The standard InChI is InChI=1S/C42H29NS/c1-42(2)35-17-9-8-14-29(35)32-24-33-34(25-36(32)42)39(26-12-4-3-5-13-26)30-15-6-7-16-31(30)40(33)27-20-22-28(23-21-27)41-43-37-18-10-11-19-38(37)44-41/h3-25H,1-2H3.